The van der Waals surface area contributed by atoms with Crippen LogP contribution in [0.25, 0.3) is 0 Å². The Morgan fingerprint density at radius 3 is 2.44 bits per heavy atom. The van der Waals surface area contributed by atoms with E-state index < -0.39 is 11.8 Å². The zero-order valence-electron chi connectivity index (χ0n) is 14.2. The molecule has 0 aliphatic heterocycles. The number of carbonyl (C=O) groups is 2. The molecule has 2 aromatic carbocycles. The molecular formula is C18H19BrN2O4. The zero-order valence-corrected chi connectivity index (χ0v) is 15.8. The largest absolute Gasteiger partial charge is 0.496 e. The second-order valence-corrected chi connectivity index (χ2v) is 6.32. The molecule has 0 saturated carbocycles. The summed E-state index contributed by atoms with van der Waals surface area (Å²) in [5, 5.41) is 0. The van der Waals surface area contributed by atoms with E-state index in [9.17, 15) is 9.59 Å². The molecule has 7 heteroatoms. The van der Waals surface area contributed by atoms with Gasteiger partial charge in [-0.2, -0.15) is 0 Å². The number of carbonyl (C=O) groups excluding carboxylic acids is 2. The van der Waals surface area contributed by atoms with Gasteiger partial charge < -0.3 is 9.47 Å². The summed E-state index contributed by atoms with van der Waals surface area (Å²) in [5.74, 6) is 0.0718. The Bertz CT molecular complexity index is 793. The van der Waals surface area contributed by atoms with Gasteiger partial charge in [-0.1, -0.05) is 33.6 Å². The van der Waals surface area contributed by atoms with Crippen molar-refractivity contribution < 1.29 is 19.1 Å². The average Bonchev–Trinajstić information content (AvgIpc) is 2.58. The molecule has 2 aromatic rings. The van der Waals surface area contributed by atoms with Crippen LogP contribution in [0.2, 0.25) is 0 Å². The van der Waals surface area contributed by atoms with Crippen LogP contribution in [0.4, 0.5) is 0 Å². The Kier molecular flexibility index (Phi) is 6.41. The molecule has 0 atom stereocenters. The molecule has 132 valence electrons. The number of hydrogen-bond acceptors (Lipinski definition) is 4. The highest BCUT2D eigenvalue weighted by atomic mass is 79.9. The van der Waals surface area contributed by atoms with Crippen LogP contribution in [-0.2, 0) is 4.79 Å². The van der Waals surface area contributed by atoms with Crippen molar-refractivity contribution in [2.75, 3.05) is 13.7 Å². The van der Waals surface area contributed by atoms with E-state index in [1.807, 2.05) is 32.0 Å². The molecule has 2 N–H and O–H groups in total. The summed E-state index contributed by atoms with van der Waals surface area (Å²) in [4.78, 5) is 24.0. The fraction of sp³-hybridized carbons (Fsp3) is 0.222. The van der Waals surface area contributed by atoms with Gasteiger partial charge in [0.2, 0.25) is 0 Å². The van der Waals surface area contributed by atoms with Crippen LogP contribution in [0.5, 0.6) is 11.5 Å². The maximum Gasteiger partial charge on any atom is 0.276 e. The number of aryl methyl sites for hydroxylation is 2. The third-order valence-corrected chi connectivity index (χ3v) is 3.90. The quantitative estimate of drug-likeness (QED) is 0.748. The first-order chi connectivity index (χ1) is 11.9. The van der Waals surface area contributed by atoms with Gasteiger partial charge in [-0.3, -0.25) is 20.4 Å². The first-order valence-corrected chi connectivity index (χ1v) is 8.33. The second kappa shape index (κ2) is 8.53. The van der Waals surface area contributed by atoms with Crippen LogP contribution >= 0.6 is 15.9 Å². The highest BCUT2D eigenvalue weighted by molar-refractivity contribution is 9.10. The van der Waals surface area contributed by atoms with Gasteiger partial charge >= 0.3 is 0 Å². The van der Waals surface area contributed by atoms with Crippen molar-refractivity contribution in [1.82, 2.24) is 10.9 Å². The van der Waals surface area contributed by atoms with E-state index >= 15 is 0 Å². The van der Waals surface area contributed by atoms with Gasteiger partial charge in [0, 0.05) is 4.47 Å². The van der Waals surface area contributed by atoms with Gasteiger partial charge in [-0.25, -0.2) is 0 Å². The summed E-state index contributed by atoms with van der Waals surface area (Å²) >= 11 is 3.29. The maximum absolute atomic E-state index is 12.2. The monoisotopic (exact) mass is 406 g/mol. The summed E-state index contributed by atoms with van der Waals surface area (Å²) < 4.78 is 11.3. The number of rotatable bonds is 5. The molecular weight excluding hydrogens is 388 g/mol. The fourth-order valence-corrected chi connectivity index (χ4v) is 2.55. The normalized spacial score (nSPS) is 10.1. The molecule has 6 nitrogen and oxygen atoms in total. The minimum absolute atomic E-state index is 0.209. The third-order valence-electron chi connectivity index (χ3n) is 3.41. The van der Waals surface area contributed by atoms with Gasteiger partial charge in [0.25, 0.3) is 11.8 Å². The second-order valence-electron chi connectivity index (χ2n) is 5.40. The molecule has 0 heterocycles. The maximum atomic E-state index is 12.2. The molecule has 0 unspecified atom stereocenters. The standard InChI is InChI=1S/C18H19BrN2O4/c1-11-4-6-15(12(2)8-11)25-10-17(22)20-21-18(23)14-9-13(19)5-7-16(14)24-3/h4-9H,10H2,1-3H3,(H,20,22)(H,21,23). The van der Waals surface area contributed by atoms with Crippen LogP contribution in [0.15, 0.2) is 40.9 Å². The number of hydrazine groups is 1. The molecule has 0 bridgehead atoms. The number of benzene rings is 2. The van der Waals surface area contributed by atoms with Crippen molar-refractivity contribution >= 4 is 27.7 Å². The topological polar surface area (TPSA) is 76.7 Å². The molecule has 0 fully saturated rings. The van der Waals surface area contributed by atoms with Crippen molar-refractivity contribution in [3.8, 4) is 11.5 Å². The predicted molar refractivity (Wildman–Crippen MR) is 97.7 cm³/mol. The van der Waals surface area contributed by atoms with E-state index in [-0.39, 0.29) is 6.61 Å². The Labute approximate surface area is 154 Å². The number of nitrogens with one attached hydrogen (secondary N) is 2. The average molecular weight is 407 g/mol. The van der Waals surface area contributed by atoms with Crippen LogP contribution < -0.4 is 20.3 Å². The van der Waals surface area contributed by atoms with Crippen molar-refractivity contribution in [3.05, 3.63) is 57.6 Å². The van der Waals surface area contributed by atoms with Gasteiger partial charge in [-0.05, 0) is 43.7 Å². The van der Waals surface area contributed by atoms with Crippen molar-refractivity contribution in [3.63, 3.8) is 0 Å². The number of amides is 2. The van der Waals surface area contributed by atoms with Crippen LogP contribution in [0.1, 0.15) is 21.5 Å². The molecule has 0 aromatic heterocycles. The Morgan fingerprint density at radius 2 is 1.76 bits per heavy atom. The minimum atomic E-state index is -0.488. The van der Waals surface area contributed by atoms with E-state index in [4.69, 9.17) is 9.47 Å². The highest BCUT2D eigenvalue weighted by Gasteiger charge is 2.14. The van der Waals surface area contributed by atoms with Crippen molar-refractivity contribution in [2.24, 2.45) is 0 Å². The van der Waals surface area contributed by atoms with Crippen LogP contribution in [-0.4, -0.2) is 25.5 Å². The number of halogens is 1. The number of ether oxygens (including phenoxy) is 2. The molecule has 2 amide bonds. The lowest BCUT2D eigenvalue weighted by atomic mass is 10.1. The van der Waals surface area contributed by atoms with E-state index in [0.29, 0.717) is 17.1 Å². The molecule has 0 radical (unpaired) electrons. The molecule has 0 aliphatic rings. The Morgan fingerprint density at radius 1 is 1.04 bits per heavy atom. The smallest absolute Gasteiger partial charge is 0.276 e. The molecule has 2 rings (SSSR count). The van der Waals surface area contributed by atoms with Gasteiger partial charge in [0.1, 0.15) is 11.5 Å². The lowest BCUT2D eigenvalue weighted by Gasteiger charge is -2.12. The van der Waals surface area contributed by atoms with E-state index in [0.717, 1.165) is 15.6 Å². The Balaban J connectivity index is 1.89. The van der Waals surface area contributed by atoms with E-state index in [1.165, 1.54) is 7.11 Å². The fourth-order valence-electron chi connectivity index (χ4n) is 2.19. The summed E-state index contributed by atoms with van der Waals surface area (Å²) in [6, 6.07) is 10.7. The van der Waals surface area contributed by atoms with Crippen molar-refractivity contribution in [2.45, 2.75) is 13.8 Å². The minimum Gasteiger partial charge on any atom is -0.496 e. The zero-order chi connectivity index (χ0) is 18.4. The lowest BCUT2D eigenvalue weighted by Crippen LogP contribution is -2.44. The summed E-state index contributed by atoms with van der Waals surface area (Å²) in [5.41, 5.74) is 7.01. The first kappa shape index (κ1) is 18.8. The summed E-state index contributed by atoms with van der Waals surface area (Å²) in [6.07, 6.45) is 0. The van der Waals surface area contributed by atoms with Gasteiger partial charge in [-0.15, -0.1) is 0 Å². The Hall–Kier alpha value is -2.54. The summed E-state index contributed by atoms with van der Waals surface area (Å²) in [7, 11) is 1.47. The van der Waals surface area contributed by atoms with E-state index in [2.05, 4.69) is 26.8 Å². The van der Waals surface area contributed by atoms with Gasteiger partial charge in [0.15, 0.2) is 6.61 Å². The van der Waals surface area contributed by atoms with Crippen molar-refractivity contribution in [1.29, 1.82) is 0 Å². The molecule has 0 saturated heterocycles. The summed E-state index contributed by atoms with van der Waals surface area (Å²) in [6.45, 7) is 3.68. The molecule has 25 heavy (non-hydrogen) atoms. The van der Waals surface area contributed by atoms with Crippen LogP contribution in [0, 0.1) is 13.8 Å². The van der Waals surface area contributed by atoms with Crippen LogP contribution in [0.3, 0.4) is 0 Å². The predicted octanol–water partition coefficient (Wildman–Crippen LogP) is 2.91. The number of hydrogen-bond donors (Lipinski definition) is 2. The van der Waals surface area contributed by atoms with Gasteiger partial charge in [0.05, 0.1) is 12.7 Å². The lowest BCUT2D eigenvalue weighted by molar-refractivity contribution is -0.123. The first-order valence-electron chi connectivity index (χ1n) is 7.53. The van der Waals surface area contributed by atoms with E-state index in [1.54, 1.807) is 18.2 Å². The SMILES string of the molecule is COc1ccc(Br)cc1C(=O)NNC(=O)COc1ccc(C)cc1C. The number of methoxy groups -OCH3 is 1. The molecule has 0 spiro atoms. The molecule has 0 aliphatic carbocycles. The third kappa shape index (κ3) is 5.22. The highest BCUT2D eigenvalue weighted by Crippen LogP contribution is 2.22.